The lowest BCUT2D eigenvalue weighted by molar-refractivity contribution is 0.0988. The van der Waals surface area contributed by atoms with Crippen LogP contribution in [0.15, 0.2) is 64.6 Å². The Labute approximate surface area is 170 Å². The number of pyridine rings is 1. The summed E-state index contributed by atoms with van der Waals surface area (Å²) in [4.78, 5) is 31.9. The smallest absolute Gasteiger partial charge is 0.260 e. The van der Waals surface area contributed by atoms with E-state index in [1.807, 2.05) is 0 Å². The number of hydrogen-bond acceptors (Lipinski definition) is 5. The summed E-state index contributed by atoms with van der Waals surface area (Å²) in [6, 6.07) is 12.7. The van der Waals surface area contributed by atoms with E-state index in [1.54, 1.807) is 49.6 Å². The molecule has 3 aromatic rings. The zero-order valence-corrected chi connectivity index (χ0v) is 16.4. The lowest BCUT2D eigenvalue weighted by atomic mass is 10.1. The molecule has 0 unspecified atom stereocenters. The normalized spacial score (nSPS) is 12.7. The van der Waals surface area contributed by atoms with Crippen molar-refractivity contribution in [1.82, 2.24) is 4.98 Å². The van der Waals surface area contributed by atoms with Crippen LogP contribution in [0.25, 0.3) is 0 Å². The minimum atomic E-state index is -0.564. The first-order chi connectivity index (χ1) is 14.0. The highest BCUT2D eigenvalue weighted by Crippen LogP contribution is 2.40. The molecule has 0 saturated carbocycles. The van der Waals surface area contributed by atoms with E-state index in [0.717, 1.165) is 4.90 Å². The Morgan fingerprint density at radius 3 is 2.79 bits per heavy atom. The number of methoxy groups -OCH3 is 1. The van der Waals surface area contributed by atoms with Crippen molar-refractivity contribution in [2.45, 2.75) is 9.92 Å². The molecule has 0 saturated heterocycles. The molecule has 0 bridgehead atoms. The maximum Gasteiger partial charge on any atom is 0.260 e. The Bertz CT molecular complexity index is 1140. The SMILES string of the molecule is COc1ccc(NC(=O)c2ccc3c(c2)Sc2ncccc2C(=O)N3C)cc1F. The molecule has 1 aliphatic heterocycles. The number of fused-ring (bicyclic) bond motifs is 2. The van der Waals surface area contributed by atoms with Crippen molar-refractivity contribution in [3.05, 3.63) is 71.7 Å². The Balaban J connectivity index is 1.65. The van der Waals surface area contributed by atoms with Gasteiger partial charge in [0.25, 0.3) is 11.8 Å². The van der Waals surface area contributed by atoms with Gasteiger partial charge in [0, 0.05) is 35.5 Å². The van der Waals surface area contributed by atoms with Gasteiger partial charge >= 0.3 is 0 Å². The first-order valence-electron chi connectivity index (χ1n) is 8.68. The minimum absolute atomic E-state index is 0.100. The molecular weight excluding hydrogens is 393 g/mol. The van der Waals surface area contributed by atoms with Gasteiger partial charge in [0.05, 0.1) is 18.4 Å². The number of nitrogens with zero attached hydrogens (tertiary/aromatic N) is 2. The van der Waals surface area contributed by atoms with Gasteiger partial charge in [-0.15, -0.1) is 0 Å². The topological polar surface area (TPSA) is 71.5 Å². The van der Waals surface area contributed by atoms with Gasteiger partial charge in [0.1, 0.15) is 5.03 Å². The Kier molecular flexibility index (Phi) is 4.94. The standard InChI is InChI=1S/C21H16FN3O3S/c1-25-16-7-5-12(19(26)24-13-6-8-17(28-2)15(22)11-13)10-18(16)29-20-14(21(25)27)4-3-9-23-20/h3-11H,1-2H3,(H,24,26). The largest absolute Gasteiger partial charge is 0.494 e. The molecule has 8 heteroatoms. The number of carbonyl (C=O) groups excluding carboxylic acids is 2. The molecule has 2 heterocycles. The fourth-order valence-corrected chi connectivity index (χ4v) is 4.07. The van der Waals surface area contributed by atoms with E-state index in [0.29, 0.717) is 27.5 Å². The first-order valence-corrected chi connectivity index (χ1v) is 9.49. The fourth-order valence-electron chi connectivity index (χ4n) is 2.99. The predicted octanol–water partition coefficient (Wildman–Crippen LogP) is 4.22. The number of anilines is 2. The second-order valence-electron chi connectivity index (χ2n) is 6.31. The van der Waals surface area contributed by atoms with Crippen LogP contribution in [0.4, 0.5) is 15.8 Å². The maximum absolute atomic E-state index is 13.9. The van der Waals surface area contributed by atoms with E-state index in [9.17, 15) is 14.0 Å². The van der Waals surface area contributed by atoms with Crippen molar-refractivity contribution < 1.29 is 18.7 Å². The average molecular weight is 409 g/mol. The van der Waals surface area contributed by atoms with E-state index in [1.165, 1.54) is 35.9 Å². The van der Waals surface area contributed by atoms with Crippen molar-refractivity contribution in [1.29, 1.82) is 0 Å². The van der Waals surface area contributed by atoms with Gasteiger partial charge in [-0.1, -0.05) is 11.8 Å². The van der Waals surface area contributed by atoms with Crippen LogP contribution in [0.1, 0.15) is 20.7 Å². The molecule has 0 radical (unpaired) electrons. The summed E-state index contributed by atoms with van der Waals surface area (Å²) in [6.07, 6.45) is 1.62. The third-order valence-electron chi connectivity index (χ3n) is 4.51. The first kappa shape index (κ1) is 18.9. The van der Waals surface area contributed by atoms with Gasteiger partial charge in [0.2, 0.25) is 0 Å². The zero-order valence-electron chi connectivity index (χ0n) is 15.6. The molecule has 0 atom stereocenters. The van der Waals surface area contributed by atoms with E-state index in [-0.39, 0.29) is 11.7 Å². The molecule has 0 fully saturated rings. The number of rotatable bonds is 3. The van der Waals surface area contributed by atoms with Crippen molar-refractivity contribution in [3.8, 4) is 5.75 Å². The number of carbonyl (C=O) groups is 2. The van der Waals surface area contributed by atoms with Crippen molar-refractivity contribution in [3.63, 3.8) is 0 Å². The van der Waals surface area contributed by atoms with Crippen LogP contribution >= 0.6 is 11.8 Å². The highest BCUT2D eigenvalue weighted by atomic mass is 32.2. The molecular formula is C21H16FN3O3S. The zero-order chi connectivity index (χ0) is 20.5. The summed E-state index contributed by atoms with van der Waals surface area (Å²) in [5.41, 5.74) is 1.89. The fraction of sp³-hybridized carbons (Fsp3) is 0.0952. The van der Waals surface area contributed by atoms with Crippen LogP contribution in [0.3, 0.4) is 0 Å². The minimum Gasteiger partial charge on any atom is -0.494 e. The molecule has 6 nitrogen and oxygen atoms in total. The van der Waals surface area contributed by atoms with Gasteiger partial charge in [-0.25, -0.2) is 9.37 Å². The summed E-state index contributed by atoms with van der Waals surface area (Å²) >= 11 is 1.33. The van der Waals surface area contributed by atoms with Crippen LogP contribution in [0.5, 0.6) is 5.75 Å². The second kappa shape index (κ2) is 7.56. The van der Waals surface area contributed by atoms with Crippen LogP contribution in [-0.4, -0.2) is 31.0 Å². The summed E-state index contributed by atoms with van der Waals surface area (Å²) in [6.45, 7) is 0. The van der Waals surface area contributed by atoms with Crippen LogP contribution < -0.4 is 15.0 Å². The summed E-state index contributed by atoms with van der Waals surface area (Å²) in [7, 11) is 3.06. The number of halogens is 1. The summed E-state index contributed by atoms with van der Waals surface area (Å²) in [5, 5.41) is 3.25. The molecule has 146 valence electrons. The molecule has 2 amide bonds. The van der Waals surface area contributed by atoms with Gasteiger partial charge in [-0.2, -0.15) is 0 Å². The van der Waals surface area contributed by atoms with E-state index in [2.05, 4.69) is 10.3 Å². The number of nitrogens with one attached hydrogen (secondary N) is 1. The van der Waals surface area contributed by atoms with Crippen molar-refractivity contribution >= 4 is 35.0 Å². The molecule has 1 aliphatic rings. The Morgan fingerprint density at radius 1 is 1.21 bits per heavy atom. The van der Waals surface area contributed by atoms with Crippen LogP contribution in [0.2, 0.25) is 0 Å². The van der Waals surface area contributed by atoms with Gasteiger partial charge in [-0.05, 0) is 42.5 Å². The van der Waals surface area contributed by atoms with Crippen molar-refractivity contribution in [2.24, 2.45) is 0 Å². The molecule has 4 rings (SSSR count). The molecule has 0 aliphatic carbocycles. The van der Waals surface area contributed by atoms with Gasteiger partial charge < -0.3 is 15.0 Å². The third-order valence-corrected chi connectivity index (χ3v) is 5.57. The number of hydrogen-bond donors (Lipinski definition) is 1. The lowest BCUT2D eigenvalue weighted by Crippen LogP contribution is -2.26. The van der Waals surface area contributed by atoms with E-state index in [4.69, 9.17) is 4.74 Å². The lowest BCUT2D eigenvalue weighted by Gasteiger charge is -2.17. The molecule has 0 spiro atoms. The van der Waals surface area contributed by atoms with Crippen LogP contribution in [0, 0.1) is 5.82 Å². The van der Waals surface area contributed by atoms with Crippen LogP contribution in [-0.2, 0) is 0 Å². The molecule has 1 aromatic heterocycles. The maximum atomic E-state index is 13.9. The Morgan fingerprint density at radius 2 is 2.03 bits per heavy atom. The average Bonchev–Trinajstić information content (AvgIpc) is 2.83. The molecule has 2 aromatic carbocycles. The number of ether oxygens (including phenoxy) is 1. The Hall–Kier alpha value is -3.39. The van der Waals surface area contributed by atoms with E-state index >= 15 is 0 Å². The number of amides is 2. The van der Waals surface area contributed by atoms with E-state index < -0.39 is 11.7 Å². The third kappa shape index (κ3) is 3.54. The van der Waals surface area contributed by atoms with Gasteiger partial charge in [-0.3, -0.25) is 9.59 Å². The number of aromatic nitrogens is 1. The molecule has 29 heavy (non-hydrogen) atoms. The highest BCUT2D eigenvalue weighted by molar-refractivity contribution is 7.99. The van der Waals surface area contributed by atoms with Gasteiger partial charge in [0.15, 0.2) is 11.6 Å². The summed E-state index contributed by atoms with van der Waals surface area (Å²) < 4.78 is 18.8. The number of benzene rings is 2. The monoisotopic (exact) mass is 409 g/mol. The quantitative estimate of drug-likeness (QED) is 0.701. The second-order valence-corrected chi connectivity index (χ2v) is 7.34. The molecule has 1 N–H and O–H groups in total. The predicted molar refractivity (Wildman–Crippen MR) is 108 cm³/mol. The van der Waals surface area contributed by atoms with Crippen molar-refractivity contribution in [2.75, 3.05) is 24.4 Å². The highest BCUT2D eigenvalue weighted by Gasteiger charge is 2.26. The summed E-state index contributed by atoms with van der Waals surface area (Å²) in [5.74, 6) is -1.02.